The van der Waals surface area contributed by atoms with Gasteiger partial charge in [-0.15, -0.1) is 0 Å². The second-order valence-corrected chi connectivity index (χ2v) is 6.36. The van der Waals surface area contributed by atoms with Gasteiger partial charge in [0.15, 0.2) is 0 Å². The maximum absolute atomic E-state index is 11.7. The largest absolute Gasteiger partial charge is 0.314 e. The molecule has 1 fully saturated rings. The second-order valence-electron chi connectivity index (χ2n) is 4.42. The molecule has 0 amide bonds. The maximum Gasteiger partial charge on any atom is 0.211 e. The summed E-state index contributed by atoms with van der Waals surface area (Å²) in [5.41, 5.74) is 1.18. The lowest BCUT2D eigenvalue weighted by molar-refractivity contribution is 0.267. The van der Waals surface area contributed by atoms with E-state index in [0.29, 0.717) is 6.54 Å². The van der Waals surface area contributed by atoms with Crippen molar-refractivity contribution in [3.8, 4) is 0 Å². The third-order valence-corrected chi connectivity index (χ3v) is 4.37. The standard InChI is InChI=1S/C12H18N2O2S/c1-17(15,16)14-8-7-13-10-12(14)9-11-5-3-2-4-6-11/h2-6,12-13H,7-10H2,1H3/t12-/m0/s1. The zero-order valence-corrected chi connectivity index (χ0v) is 10.8. The summed E-state index contributed by atoms with van der Waals surface area (Å²) >= 11 is 0. The third-order valence-electron chi connectivity index (χ3n) is 3.04. The molecule has 1 aromatic rings. The molecule has 2 rings (SSSR count). The minimum atomic E-state index is -3.10. The van der Waals surface area contributed by atoms with Crippen LogP contribution >= 0.6 is 0 Å². The summed E-state index contributed by atoms with van der Waals surface area (Å²) in [6.07, 6.45) is 2.05. The van der Waals surface area contributed by atoms with Crippen LogP contribution in [0.1, 0.15) is 5.56 Å². The smallest absolute Gasteiger partial charge is 0.211 e. The van der Waals surface area contributed by atoms with Crippen LogP contribution in [0.4, 0.5) is 0 Å². The van der Waals surface area contributed by atoms with E-state index >= 15 is 0 Å². The second kappa shape index (κ2) is 5.16. The van der Waals surface area contributed by atoms with Crippen molar-refractivity contribution in [3.05, 3.63) is 35.9 Å². The lowest BCUT2D eigenvalue weighted by Gasteiger charge is -2.34. The lowest BCUT2D eigenvalue weighted by atomic mass is 10.1. The lowest BCUT2D eigenvalue weighted by Crippen LogP contribution is -2.54. The van der Waals surface area contributed by atoms with Gasteiger partial charge in [0.05, 0.1) is 6.26 Å². The summed E-state index contributed by atoms with van der Waals surface area (Å²) in [7, 11) is -3.10. The summed E-state index contributed by atoms with van der Waals surface area (Å²) < 4.78 is 25.0. The number of rotatable bonds is 3. The molecule has 0 aromatic heterocycles. The molecule has 0 aliphatic carbocycles. The molecule has 0 bridgehead atoms. The first-order valence-corrected chi connectivity index (χ1v) is 7.63. The van der Waals surface area contributed by atoms with Gasteiger partial charge in [0.25, 0.3) is 0 Å². The average Bonchev–Trinajstić information content (AvgIpc) is 2.30. The first kappa shape index (κ1) is 12.5. The highest BCUT2D eigenvalue weighted by Crippen LogP contribution is 2.13. The zero-order valence-electron chi connectivity index (χ0n) is 9.96. The third kappa shape index (κ3) is 3.28. The van der Waals surface area contributed by atoms with Crippen molar-refractivity contribution >= 4 is 10.0 Å². The molecule has 0 unspecified atom stereocenters. The van der Waals surface area contributed by atoms with E-state index in [0.717, 1.165) is 19.5 Å². The summed E-state index contributed by atoms with van der Waals surface area (Å²) in [6.45, 7) is 2.02. The Labute approximate surface area is 103 Å². The zero-order chi connectivity index (χ0) is 12.3. The normalized spacial score (nSPS) is 22.5. The molecule has 94 valence electrons. The Hall–Kier alpha value is -0.910. The highest BCUT2D eigenvalue weighted by molar-refractivity contribution is 7.88. The highest BCUT2D eigenvalue weighted by atomic mass is 32.2. The molecule has 1 N–H and O–H groups in total. The fourth-order valence-electron chi connectivity index (χ4n) is 2.24. The van der Waals surface area contributed by atoms with Crippen LogP contribution in [0.15, 0.2) is 30.3 Å². The Kier molecular flexibility index (Phi) is 3.81. The molecular weight excluding hydrogens is 236 g/mol. The van der Waals surface area contributed by atoms with E-state index < -0.39 is 10.0 Å². The van der Waals surface area contributed by atoms with Crippen LogP contribution in [-0.2, 0) is 16.4 Å². The topological polar surface area (TPSA) is 49.4 Å². The molecule has 0 spiro atoms. The fraction of sp³-hybridized carbons (Fsp3) is 0.500. The number of hydrogen-bond donors (Lipinski definition) is 1. The van der Waals surface area contributed by atoms with Crippen LogP contribution in [0.3, 0.4) is 0 Å². The van der Waals surface area contributed by atoms with Crippen molar-refractivity contribution in [1.29, 1.82) is 0 Å². The quantitative estimate of drug-likeness (QED) is 0.852. The van der Waals surface area contributed by atoms with Gasteiger partial charge in [-0.05, 0) is 12.0 Å². The molecule has 1 aliphatic heterocycles. The van der Waals surface area contributed by atoms with Gasteiger partial charge in [0.1, 0.15) is 0 Å². The van der Waals surface area contributed by atoms with Crippen LogP contribution in [-0.4, -0.2) is 44.7 Å². The Morgan fingerprint density at radius 3 is 2.71 bits per heavy atom. The van der Waals surface area contributed by atoms with E-state index in [9.17, 15) is 8.42 Å². The number of hydrogen-bond acceptors (Lipinski definition) is 3. The summed E-state index contributed by atoms with van der Waals surface area (Å²) in [4.78, 5) is 0. The van der Waals surface area contributed by atoms with E-state index in [4.69, 9.17) is 0 Å². The number of nitrogens with zero attached hydrogens (tertiary/aromatic N) is 1. The van der Waals surface area contributed by atoms with Gasteiger partial charge in [-0.3, -0.25) is 0 Å². The van der Waals surface area contributed by atoms with Gasteiger partial charge >= 0.3 is 0 Å². The van der Waals surface area contributed by atoms with Crippen molar-refractivity contribution in [3.63, 3.8) is 0 Å². The van der Waals surface area contributed by atoms with Gasteiger partial charge in [-0.25, -0.2) is 8.42 Å². The van der Waals surface area contributed by atoms with Crippen molar-refractivity contribution < 1.29 is 8.42 Å². The number of piperazine rings is 1. The molecule has 1 aromatic carbocycles. The Morgan fingerprint density at radius 2 is 2.06 bits per heavy atom. The fourth-order valence-corrected chi connectivity index (χ4v) is 3.35. The van der Waals surface area contributed by atoms with Gasteiger partial charge in [0, 0.05) is 25.7 Å². The first-order valence-electron chi connectivity index (χ1n) is 5.79. The maximum atomic E-state index is 11.7. The van der Waals surface area contributed by atoms with Crippen molar-refractivity contribution in [2.24, 2.45) is 0 Å². The van der Waals surface area contributed by atoms with Gasteiger partial charge in [0.2, 0.25) is 10.0 Å². The molecule has 1 atom stereocenters. The summed E-state index contributed by atoms with van der Waals surface area (Å²) in [5, 5.41) is 3.25. The van der Waals surface area contributed by atoms with E-state index in [1.54, 1.807) is 4.31 Å². The van der Waals surface area contributed by atoms with Crippen molar-refractivity contribution in [2.75, 3.05) is 25.9 Å². The van der Waals surface area contributed by atoms with Crippen LogP contribution < -0.4 is 5.32 Å². The molecule has 17 heavy (non-hydrogen) atoms. The van der Waals surface area contributed by atoms with E-state index in [1.807, 2.05) is 30.3 Å². The molecule has 5 heteroatoms. The van der Waals surface area contributed by atoms with Gasteiger partial charge in [-0.2, -0.15) is 4.31 Å². The number of sulfonamides is 1. The SMILES string of the molecule is CS(=O)(=O)N1CCNC[C@@H]1Cc1ccccc1. The molecule has 0 radical (unpaired) electrons. The predicted molar refractivity (Wildman–Crippen MR) is 68.4 cm³/mol. The van der Waals surface area contributed by atoms with Crippen molar-refractivity contribution in [2.45, 2.75) is 12.5 Å². The van der Waals surface area contributed by atoms with Crippen molar-refractivity contribution in [1.82, 2.24) is 9.62 Å². The highest BCUT2D eigenvalue weighted by Gasteiger charge is 2.28. The van der Waals surface area contributed by atoms with Crippen LogP contribution in [0.5, 0.6) is 0 Å². The minimum absolute atomic E-state index is 0.0288. The molecule has 0 saturated carbocycles. The molecule has 1 aliphatic rings. The Balaban J connectivity index is 2.13. The monoisotopic (exact) mass is 254 g/mol. The van der Waals surface area contributed by atoms with Crippen LogP contribution in [0.25, 0.3) is 0 Å². The van der Waals surface area contributed by atoms with E-state index in [2.05, 4.69) is 5.32 Å². The first-order chi connectivity index (χ1) is 8.07. The summed E-state index contributed by atoms with van der Waals surface area (Å²) in [6, 6.07) is 10.0. The molecule has 4 nitrogen and oxygen atoms in total. The Bertz CT molecular complexity index is 459. The van der Waals surface area contributed by atoms with E-state index in [-0.39, 0.29) is 6.04 Å². The number of nitrogens with one attached hydrogen (secondary N) is 1. The predicted octanol–water partition coefficient (Wildman–Crippen LogP) is 0.463. The molecular formula is C12H18N2O2S. The molecule has 1 saturated heterocycles. The summed E-state index contributed by atoms with van der Waals surface area (Å²) in [5.74, 6) is 0. The molecule has 1 heterocycles. The number of benzene rings is 1. The Morgan fingerprint density at radius 1 is 1.35 bits per heavy atom. The minimum Gasteiger partial charge on any atom is -0.314 e. The van der Waals surface area contributed by atoms with Crippen LogP contribution in [0.2, 0.25) is 0 Å². The van der Waals surface area contributed by atoms with Gasteiger partial charge < -0.3 is 5.32 Å². The average molecular weight is 254 g/mol. The van der Waals surface area contributed by atoms with Crippen LogP contribution in [0, 0.1) is 0 Å². The van der Waals surface area contributed by atoms with Gasteiger partial charge in [-0.1, -0.05) is 30.3 Å². The van der Waals surface area contributed by atoms with E-state index in [1.165, 1.54) is 11.8 Å².